The molecule has 0 bridgehead atoms. The average Bonchev–Trinajstić information content (AvgIpc) is 2.98. The molecular weight excluding hydrogens is 512 g/mol. The van der Waals surface area contributed by atoms with Gasteiger partial charge in [-0.15, -0.1) is 11.6 Å². The summed E-state index contributed by atoms with van der Waals surface area (Å²) in [5.74, 6) is 1.12. The second-order valence-electron chi connectivity index (χ2n) is 9.37. The van der Waals surface area contributed by atoms with Gasteiger partial charge in [-0.3, -0.25) is 0 Å². The number of halogens is 1. The number of hydrogen-bond donors (Lipinski definition) is 0. The van der Waals surface area contributed by atoms with Gasteiger partial charge in [0.05, 0.1) is 32.0 Å². The minimum atomic E-state index is -0.340. The molecule has 0 radical (unpaired) electrons. The number of ether oxygens (including phenoxy) is 3. The van der Waals surface area contributed by atoms with Crippen molar-refractivity contribution < 1.29 is 23.8 Å². The van der Waals surface area contributed by atoms with E-state index in [1.807, 2.05) is 42.5 Å². The first-order valence-electron chi connectivity index (χ1n) is 13.3. The molecule has 0 aliphatic carbocycles. The largest absolute Gasteiger partial charge is 0.493 e. The molecule has 0 saturated carbocycles. The summed E-state index contributed by atoms with van der Waals surface area (Å²) >= 11 is 5.78. The third-order valence-electron chi connectivity index (χ3n) is 6.55. The van der Waals surface area contributed by atoms with Gasteiger partial charge in [0.1, 0.15) is 5.75 Å². The van der Waals surface area contributed by atoms with Gasteiger partial charge in [-0.1, -0.05) is 54.6 Å². The van der Waals surface area contributed by atoms with Crippen molar-refractivity contribution in [1.29, 1.82) is 0 Å². The van der Waals surface area contributed by atoms with E-state index in [0.29, 0.717) is 23.6 Å². The summed E-state index contributed by atoms with van der Waals surface area (Å²) < 4.78 is 15.7. The lowest BCUT2D eigenvalue weighted by molar-refractivity contribution is 0.0592. The van der Waals surface area contributed by atoms with Crippen LogP contribution < -0.4 is 4.74 Å². The number of rotatable bonds is 15. The van der Waals surface area contributed by atoms with Gasteiger partial charge in [-0.25, -0.2) is 9.59 Å². The van der Waals surface area contributed by atoms with Crippen LogP contribution in [0.5, 0.6) is 5.75 Å². The van der Waals surface area contributed by atoms with Crippen molar-refractivity contribution in [3.63, 3.8) is 0 Å². The van der Waals surface area contributed by atoms with Crippen molar-refractivity contribution in [1.82, 2.24) is 0 Å². The van der Waals surface area contributed by atoms with Crippen LogP contribution in [-0.4, -0.2) is 38.6 Å². The summed E-state index contributed by atoms with van der Waals surface area (Å²) in [4.78, 5) is 23.6. The molecule has 6 heteroatoms. The number of alkyl halides is 1. The van der Waals surface area contributed by atoms with Crippen LogP contribution in [0.15, 0.2) is 78.9 Å². The van der Waals surface area contributed by atoms with E-state index >= 15 is 0 Å². The zero-order valence-electron chi connectivity index (χ0n) is 22.7. The number of esters is 2. The van der Waals surface area contributed by atoms with Gasteiger partial charge in [0, 0.05) is 11.4 Å². The van der Waals surface area contributed by atoms with Crippen LogP contribution in [0.2, 0.25) is 0 Å². The molecule has 0 aromatic heterocycles. The predicted molar refractivity (Wildman–Crippen MR) is 157 cm³/mol. The van der Waals surface area contributed by atoms with Crippen molar-refractivity contribution in [3.05, 3.63) is 107 Å². The Bertz CT molecular complexity index is 1200. The van der Waals surface area contributed by atoms with Crippen molar-refractivity contribution in [3.8, 4) is 5.75 Å². The van der Waals surface area contributed by atoms with Crippen LogP contribution in [0.4, 0.5) is 0 Å². The standard InChI is InChI=1S/C33H37ClO5/c1-37-32(35)29-18-12-25(13-19-29)10-11-26(24-27-15-20-30(21-16-27)33(36)38-2)14-17-28-8-4-5-9-31(28)39-23-7-3-6-22-34/h4-5,8-9,12-21,26H,3,6-7,10-11,22-24H2,1-2H3/b17-14+. The van der Waals surface area contributed by atoms with Gasteiger partial charge < -0.3 is 14.2 Å². The van der Waals surface area contributed by atoms with Crippen molar-refractivity contribution in [2.75, 3.05) is 26.7 Å². The van der Waals surface area contributed by atoms with Gasteiger partial charge in [0.25, 0.3) is 0 Å². The highest BCUT2D eigenvalue weighted by Crippen LogP contribution is 2.24. The SMILES string of the molecule is COC(=O)c1ccc(CCC(/C=C/c2ccccc2OCCCCCCl)Cc2ccc(C(=O)OC)cc2)cc1. The summed E-state index contributed by atoms with van der Waals surface area (Å²) in [5.41, 5.74) is 4.42. The maximum Gasteiger partial charge on any atom is 0.337 e. The second-order valence-corrected chi connectivity index (χ2v) is 9.75. The number of para-hydroxylation sites is 1. The van der Waals surface area contributed by atoms with Crippen molar-refractivity contribution >= 4 is 29.6 Å². The molecule has 3 aromatic rings. The Kier molecular flexibility index (Phi) is 12.6. The van der Waals surface area contributed by atoms with E-state index in [0.717, 1.165) is 61.0 Å². The normalized spacial score (nSPS) is 11.8. The van der Waals surface area contributed by atoms with E-state index in [9.17, 15) is 9.59 Å². The third kappa shape index (κ3) is 9.92. The second kappa shape index (κ2) is 16.4. The van der Waals surface area contributed by atoms with Gasteiger partial charge in [-0.2, -0.15) is 0 Å². The zero-order chi connectivity index (χ0) is 27.9. The average molecular weight is 549 g/mol. The van der Waals surface area contributed by atoms with Crippen LogP contribution in [0.1, 0.15) is 63.1 Å². The van der Waals surface area contributed by atoms with Crippen LogP contribution in [0.3, 0.4) is 0 Å². The van der Waals surface area contributed by atoms with E-state index < -0.39 is 0 Å². The van der Waals surface area contributed by atoms with Crippen LogP contribution in [-0.2, 0) is 22.3 Å². The summed E-state index contributed by atoms with van der Waals surface area (Å²) in [6.45, 7) is 0.666. The van der Waals surface area contributed by atoms with Gasteiger partial charge in [0.15, 0.2) is 0 Å². The Balaban J connectivity index is 1.73. The molecule has 5 nitrogen and oxygen atoms in total. The smallest absolute Gasteiger partial charge is 0.337 e. The lowest BCUT2D eigenvalue weighted by atomic mass is 9.91. The Hall–Kier alpha value is -3.57. The first-order valence-corrected chi connectivity index (χ1v) is 13.9. The highest BCUT2D eigenvalue weighted by atomic mass is 35.5. The van der Waals surface area contributed by atoms with E-state index in [1.54, 1.807) is 24.3 Å². The molecule has 0 fully saturated rings. The molecule has 0 aliphatic rings. The quantitative estimate of drug-likeness (QED) is 0.111. The summed E-state index contributed by atoms with van der Waals surface area (Å²) in [5, 5.41) is 0. The zero-order valence-corrected chi connectivity index (χ0v) is 23.5. The highest BCUT2D eigenvalue weighted by Gasteiger charge is 2.11. The maximum absolute atomic E-state index is 11.8. The monoisotopic (exact) mass is 548 g/mol. The maximum atomic E-state index is 11.8. The lowest BCUT2D eigenvalue weighted by Gasteiger charge is -2.15. The number of aryl methyl sites for hydroxylation is 1. The molecular formula is C33H37ClO5. The Morgan fingerprint density at radius 3 is 2.03 bits per heavy atom. The first-order chi connectivity index (χ1) is 19.0. The number of methoxy groups -OCH3 is 2. The molecule has 1 unspecified atom stereocenters. The first kappa shape index (κ1) is 30.0. The fourth-order valence-electron chi connectivity index (χ4n) is 4.29. The molecule has 1 atom stereocenters. The van der Waals surface area contributed by atoms with E-state index in [4.69, 9.17) is 25.8 Å². The Morgan fingerprint density at radius 2 is 1.41 bits per heavy atom. The topological polar surface area (TPSA) is 61.8 Å². The molecule has 0 amide bonds. The molecule has 3 rings (SSSR count). The Labute approximate surface area is 236 Å². The summed E-state index contributed by atoms with van der Waals surface area (Å²) in [6.07, 6.45) is 10.0. The van der Waals surface area contributed by atoms with Crippen LogP contribution in [0, 0.1) is 5.92 Å². The number of unbranched alkanes of at least 4 members (excludes halogenated alkanes) is 2. The fourth-order valence-corrected chi connectivity index (χ4v) is 4.48. The molecule has 39 heavy (non-hydrogen) atoms. The van der Waals surface area contributed by atoms with Gasteiger partial charge >= 0.3 is 11.9 Å². The highest BCUT2D eigenvalue weighted by molar-refractivity contribution is 6.17. The number of benzene rings is 3. The molecule has 3 aromatic carbocycles. The third-order valence-corrected chi connectivity index (χ3v) is 6.82. The van der Waals surface area contributed by atoms with Gasteiger partial charge in [-0.05, 0) is 85.9 Å². The summed E-state index contributed by atoms with van der Waals surface area (Å²) in [7, 11) is 2.77. The van der Waals surface area contributed by atoms with Gasteiger partial charge in [0.2, 0.25) is 0 Å². The molecule has 0 aliphatic heterocycles. The van der Waals surface area contributed by atoms with Crippen LogP contribution >= 0.6 is 11.6 Å². The van der Waals surface area contributed by atoms with Crippen molar-refractivity contribution in [2.24, 2.45) is 5.92 Å². The molecule has 0 saturated heterocycles. The van der Waals surface area contributed by atoms with Crippen molar-refractivity contribution in [2.45, 2.75) is 38.5 Å². The minimum Gasteiger partial charge on any atom is -0.493 e. The fraction of sp³-hybridized carbons (Fsp3) is 0.333. The van der Waals surface area contributed by atoms with E-state index in [-0.39, 0.29) is 17.9 Å². The van der Waals surface area contributed by atoms with E-state index in [1.165, 1.54) is 14.2 Å². The molecule has 206 valence electrons. The lowest BCUT2D eigenvalue weighted by Crippen LogP contribution is -2.06. The molecule has 0 N–H and O–H groups in total. The Morgan fingerprint density at radius 1 is 0.795 bits per heavy atom. The predicted octanol–water partition coefficient (Wildman–Crippen LogP) is 7.55. The molecule has 0 heterocycles. The van der Waals surface area contributed by atoms with E-state index in [2.05, 4.69) is 18.2 Å². The number of carbonyl (C=O) groups excluding carboxylic acids is 2. The molecule has 0 spiro atoms. The number of carbonyl (C=O) groups is 2. The minimum absolute atomic E-state index is 0.242. The number of allylic oxidation sites excluding steroid dienone is 1. The summed E-state index contributed by atoms with van der Waals surface area (Å²) in [6, 6.07) is 23.2. The number of hydrogen-bond acceptors (Lipinski definition) is 5. The van der Waals surface area contributed by atoms with Crippen LogP contribution in [0.25, 0.3) is 6.08 Å².